The summed E-state index contributed by atoms with van der Waals surface area (Å²) in [5.74, 6) is -1.26. The summed E-state index contributed by atoms with van der Waals surface area (Å²) in [6.07, 6.45) is 1.81. The lowest BCUT2D eigenvalue weighted by Crippen LogP contribution is -2.32. The van der Waals surface area contributed by atoms with Gasteiger partial charge in [0.1, 0.15) is 0 Å². The van der Waals surface area contributed by atoms with Crippen molar-refractivity contribution in [1.82, 2.24) is 9.62 Å². The van der Waals surface area contributed by atoms with Gasteiger partial charge in [-0.05, 0) is 19.0 Å². The highest BCUT2D eigenvalue weighted by molar-refractivity contribution is 7.88. The summed E-state index contributed by atoms with van der Waals surface area (Å²) in [6, 6.07) is 2.81. The van der Waals surface area contributed by atoms with Gasteiger partial charge in [-0.2, -0.15) is 0 Å². The van der Waals surface area contributed by atoms with Gasteiger partial charge in [-0.3, -0.25) is 0 Å². The van der Waals surface area contributed by atoms with Crippen LogP contribution in [0.1, 0.15) is 18.9 Å². The quantitative estimate of drug-likeness (QED) is 0.412. The van der Waals surface area contributed by atoms with Crippen LogP contribution in [0, 0.1) is 0 Å². The van der Waals surface area contributed by atoms with E-state index in [2.05, 4.69) is 5.32 Å². The van der Waals surface area contributed by atoms with Crippen molar-refractivity contribution in [3.63, 3.8) is 0 Å². The van der Waals surface area contributed by atoms with Crippen molar-refractivity contribution < 1.29 is 23.7 Å². The van der Waals surface area contributed by atoms with E-state index in [-0.39, 0.29) is 11.5 Å². The summed E-state index contributed by atoms with van der Waals surface area (Å²) in [4.78, 5) is 0. The standard InChI is InChI=1S/C13H22N2O5S/c1-3-15(21(2,19)20)8-4-7-14-9-10-5-6-11(16)13(18)12(10)17/h5-6,14,16-18H,3-4,7-9H2,1-2H3. The predicted molar refractivity (Wildman–Crippen MR) is 79.9 cm³/mol. The molecule has 0 saturated carbocycles. The van der Waals surface area contributed by atoms with Crippen LogP contribution in [0.25, 0.3) is 0 Å². The second-order valence-electron chi connectivity index (χ2n) is 4.73. The Kier molecular flexibility index (Phi) is 6.25. The maximum atomic E-state index is 11.4. The predicted octanol–water partition coefficient (Wildman–Crippen LogP) is 0.565. The molecule has 4 N–H and O–H groups in total. The molecule has 1 rings (SSSR count). The summed E-state index contributed by atoms with van der Waals surface area (Å²) < 4.78 is 24.2. The van der Waals surface area contributed by atoms with Crippen LogP contribution in [0.15, 0.2) is 12.1 Å². The number of phenols is 3. The van der Waals surface area contributed by atoms with E-state index in [0.29, 0.717) is 38.2 Å². The monoisotopic (exact) mass is 318 g/mol. The first-order valence-corrected chi connectivity index (χ1v) is 8.50. The van der Waals surface area contributed by atoms with Crippen molar-refractivity contribution in [3.05, 3.63) is 17.7 Å². The number of nitrogens with zero attached hydrogens (tertiary/aromatic N) is 1. The molecule has 0 fully saturated rings. The molecule has 0 aliphatic heterocycles. The fourth-order valence-corrected chi connectivity index (χ4v) is 2.85. The van der Waals surface area contributed by atoms with Crippen molar-refractivity contribution in [1.29, 1.82) is 0 Å². The molecule has 0 aliphatic rings. The summed E-state index contributed by atoms with van der Waals surface area (Å²) in [6.45, 7) is 3.52. The average Bonchev–Trinajstić information content (AvgIpc) is 2.41. The molecular formula is C13H22N2O5S. The Balaban J connectivity index is 2.40. The Labute approximate surface area is 124 Å². The van der Waals surface area contributed by atoms with Gasteiger partial charge in [-0.1, -0.05) is 13.0 Å². The molecule has 0 bridgehead atoms. The Morgan fingerprint density at radius 2 is 1.86 bits per heavy atom. The Morgan fingerprint density at radius 3 is 2.43 bits per heavy atom. The zero-order valence-electron chi connectivity index (χ0n) is 12.2. The van der Waals surface area contributed by atoms with Gasteiger partial charge in [0.2, 0.25) is 15.8 Å². The lowest BCUT2D eigenvalue weighted by Gasteiger charge is -2.17. The molecule has 8 heteroatoms. The van der Waals surface area contributed by atoms with Gasteiger partial charge in [0, 0.05) is 25.2 Å². The minimum absolute atomic E-state index is 0.310. The van der Waals surface area contributed by atoms with Crippen molar-refractivity contribution in [2.24, 2.45) is 0 Å². The maximum absolute atomic E-state index is 11.4. The van der Waals surface area contributed by atoms with Crippen molar-refractivity contribution in [3.8, 4) is 17.2 Å². The average molecular weight is 318 g/mol. The molecule has 0 spiro atoms. The third-order valence-electron chi connectivity index (χ3n) is 3.11. The number of phenolic OH excluding ortho intramolecular Hbond substituents is 3. The van der Waals surface area contributed by atoms with Crippen LogP contribution in [0.5, 0.6) is 17.2 Å². The minimum atomic E-state index is -3.17. The smallest absolute Gasteiger partial charge is 0.211 e. The molecule has 0 atom stereocenters. The summed E-state index contributed by atoms with van der Waals surface area (Å²) in [5, 5.41) is 31.3. The van der Waals surface area contributed by atoms with Crippen molar-refractivity contribution in [2.45, 2.75) is 19.9 Å². The third kappa shape index (κ3) is 5.07. The number of sulfonamides is 1. The van der Waals surface area contributed by atoms with E-state index in [4.69, 9.17) is 0 Å². The largest absolute Gasteiger partial charge is 0.504 e. The van der Waals surface area contributed by atoms with Crippen LogP contribution in [0.3, 0.4) is 0 Å². The number of rotatable bonds is 8. The normalized spacial score (nSPS) is 12.0. The van der Waals surface area contributed by atoms with E-state index in [1.807, 2.05) is 0 Å². The zero-order chi connectivity index (χ0) is 16.0. The van der Waals surface area contributed by atoms with Gasteiger partial charge in [0.25, 0.3) is 0 Å². The van der Waals surface area contributed by atoms with Crippen LogP contribution in [-0.4, -0.2) is 53.9 Å². The van der Waals surface area contributed by atoms with E-state index in [9.17, 15) is 23.7 Å². The number of hydrogen-bond acceptors (Lipinski definition) is 6. The molecule has 0 radical (unpaired) electrons. The fraction of sp³-hybridized carbons (Fsp3) is 0.538. The minimum Gasteiger partial charge on any atom is -0.504 e. The molecule has 1 aromatic carbocycles. The van der Waals surface area contributed by atoms with Gasteiger partial charge in [0.15, 0.2) is 11.5 Å². The fourth-order valence-electron chi connectivity index (χ4n) is 1.92. The second-order valence-corrected chi connectivity index (χ2v) is 6.71. The number of nitrogens with one attached hydrogen (secondary N) is 1. The molecule has 0 unspecified atom stereocenters. The highest BCUT2D eigenvalue weighted by Crippen LogP contribution is 2.36. The Morgan fingerprint density at radius 1 is 1.19 bits per heavy atom. The van der Waals surface area contributed by atoms with Crippen molar-refractivity contribution >= 4 is 10.0 Å². The molecule has 7 nitrogen and oxygen atoms in total. The summed E-state index contributed by atoms with van der Waals surface area (Å²) in [5.41, 5.74) is 0.459. The molecule has 0 saturated heterocycles. The van der Waals surface area contributed by atoms with Gasteiger partial charge in [0.05, 0.1) is 6.26 Å². The van der Waals surface area contributed by atoms with Crippen LogP contribution < -0.4 is 5.32 Å². The van der Waals surface area contributed by atoms with Crippen molar-refractivity contribution in [2.75, 3.05) is 25.9 Å². The highest BCUT2D eigenvalue weighted by atomic mass is 32.2. The van der Waals surface area contributed by atoms with E-state index in [1.165, 1.54) is 22.7 Å². The summed E-state index contributed by atoms with van der Waals surface area (Å²) in [7, 11) is -3.17. The first kappa shape index (κ1) is 17.5. The lowest BCUT2D eigenvalue weighted by molar-refractivity contribution is 0.363. The molecule has 21 heavy (non-hydrogen) atoms. The molecule has 0 heterocycles. The van der Waals surface area contributed by atoms with E-state index < -0.39 is 15.8 Å². The Bertz CT molecular complexity index is 574. The molecule has 120 valence electrons. The van der Waals surface area contributed by atoms with Crippen LogP contribution in [-0.2, 0) is 16.6 Å². The number of aromatic hydroxyl groups is 3. The highest BCUT2D eigenvalue weighted by Gasteiger charge is 2.13. The SMILES string of the molecule is CCN(CCCNCc1ccc(O)c(O)c1O)S(C)(=O)=O. The van der Waals surface area contributed by atoms with E-state index >= 15 is 0 Å². The molecule has 0 amide bonds. The molecule has 0 aliphatic carbocycles. The molecular weight excluding hydrogens is 296 g/mol. The van der Waals surface area contributed by atoms with Crippen LogP contribution >= 0.6 is 0 Å². The maximum Gasteiger partial charge on any atom is 0.211 e. The zero-order valence-corrected chi connectivity index (χ0v) is 13.0. The van der Waals surface area contributed by atoms with Crippen LogP contribution in [0.4, 0.5) is 0 Å². The molecule has 1 aromatic rings. The van der Waals surface area contributed by atoms with E-state index in [0.717, 1.165) is 0 Å². The van der Waals surface area contributed by atoms with Gasteiger partial charge < -0.3 is 20.6 Å². The van der Waals surface area contributed by atoms with Gasteiger partial charge in [-0.15, -0.1) is 0 Å². The lowest BCUT2D eigenvalue weighted by atomic mass is 10.1. The van der Waals surface area contributed by atoms with E-state index in [1.54, 1.807) is 6.92 Å². The second kappa shape index (κ2) is 7.48. The summed E-state index contributed by atoms with van der Waals surface area (Å²) >= 11 is 0. The number of hydrogen-bond donors (Lipinski definition) is 4. The first-order chi connectivity index (χ1) is 9.77. The van der Waals surface area contributed by atoms with Crippen LogP contribution in [0.2, 0.25) is 0 Å². The topological polar surface area (TPSA) is 110 Å². The molecule has 0 aromatic heterocycles. The van der Waals surface area contributed by atoms with Gasteiger partial charge in [-0.25, -0.2) is 12.7 Å². The third-order valence-corrected chi connectivity index (χ3v) is 4.49. The number of benzene rings is 1. The van der Waals surface area contributed by atoms with Gasteiger partial charge >= 0.3 is 0 Å². The first-order valence-electron chi connectivity index (χ1n) is 6.66. The Hall–Kier alpha value is -1.51.